The monoisotopic (exact) mass is 392 g/mol. The molecule has 0 unspecified atom stereocenters. The summed E-state index contributed by atoms with van der Waals surface area (Å²) < 4.78 is 16.6. The van der Waals surface area contributed by atoms with Crippen LogP contribution in [-0.4, -0.2) is 36.3 Å². The molecule has 146 valence electrons. The lowest BCUT2D eigenvalue weighted by Gasteiger charge is -2.23. The van der Waals surface area contributed by atoms with Crippen LogP contribution in [0.5, 0.6) is 17.2 Å². The first-order chi connectivity index (χ1) is 13.0. The molecule has 2 aromatic rings. The fraction of sp³-hybridized carbons (Fsp3) is 0.474. The van der Waals surface area contributed by atoms with Gasteiger partial charge in [0.15, 0.2) is 11.6 Å². The van der Waals surface area contributed by atoms with E-state index in [1.807, 2.05) is 6.07 Å². The highest BCUT2D eigenvalue weighted by molar-refractivity contribution is 6.32. The van der Waals surface area contributed by atoms with Gasteiger partial charge in [-0.25, -0.2) is 4.98 Å². The van der Waals surface area contributed by atoms with Crippen LogP contribution >= 0.6 is 11.6 Å². The van der Waals surface area contributed by atoms with E-state index >= 15 is 0 Å². The Morgan fingerprint density at radius 1 is 1.22 bits per heavy atom. The van der Waals surface area contributed by atoms with E-state index in [4.69, 9.17) is 31.5 Å². The summed E-state index contributed by atoms with van der Waals surface area (Å²) in [4.78, 5) is 8.66. The van der Waals surface area contributed by atoms with Crippen LogP contribution in [-0.2, 0) is 4.74 Å². The molecule has 1 fully saturated rings. The Hall–Kier alpha value is -2.25. The Kier molecular flexibility index (Phi) is 6.23. The number of benzene rings is 1. The lowest BCUT2D eigenvalue weighted by atomic mass is 10.0. The highest BCUT2D eigenvalue weighted by atomic mass is 35.5. The number of hydrogen-bond acceptors (Lipinski definition) is 7. The van der Waals surface area contributed by atoms with Crippen LogP contribution in [0.2, 0.25) is 5.02 Å². The summed E-state index contributed by atoms with van der Waals surface area (Å²) in [6.45, 7) is 5.61. The molecular weight excluding hydrogens is 368 g/mol. The van der Waals surface area contributed by atoms with Crippen molar-refractivity contribution < 1.29 is 14.2 Å². The van der Waals surface area contributed by atoms with Crippen molar-refractivity contribution in [2.24, 2.45) is 0 Å². The zero-order chi connectivity index (χ0) is 19.4. The first-order valence-corrected chi connectivity index (χ1v) is 9.37. The minimum atomic E-state index is 0.211. The fourth-order valence-electron chi connectivity index (χ4n) is 2.92. The van der Waals surface area contributed by atoms with Gasteiger partial charge in [0.1, 0.15) is 11.5 Å². The maximum absolute atomic E-state index is 6.26. The Labute approximate surface area is 164 Å². The minimum Gasteiger partial charge on any atom is -0.495 e. The van der Waals surface area contributed by atoms with Gasteiger partial charge in [-0.1, -0.05) is 25.4 Å². The molecule has 0 bridgehead atoms. The highest BCUT2D eigenvalue weighted by Gasteiger charge is 2.18. The summed E-state index contributed by atoms with van der Waals surface area (Å²) in [5.41, 5.74) is 7.05. The minimum absolute atomic E-state index is 0.211. The quantitative estimate of drug-likeness (QED) is 0.759. The second-order valence-corrected chi connectivity index (χ2v) is 7.16. The molecule has 1 aromatic heterocycles. The van der Waals surface area contributed by atoms with E-state index in [1.54, 1.807) is 19.4 Å². The Bertz CT molecular complexity index is 795. The van der Waals surface area contributed by atoms with Gasteiger partial charge in [0, 0.05) is 30.9 Å². The molecule has 0 atom stereocenters. The number of nitrogens with zero attached hydrogens (tertiary/aromatic N) is 2. The molecule has 7 nitrogen and oxygen atoms in total. The first-order valence-electron chi connectivity index (χ1n) is 9.00. The maximum atomic E-state index is 6.26. The number of aromatic nitrogens is 2. The van der Waals surface area contributed by atoms with Crippen molar-refractivity contribution >= 4 is 23.4 Å². The van der Waals surface area contributed by atoms with Gasteiger partial charge < -0.3 is 25.3 Å². The first kappa shape index (κ1) is 19.5. The van der Waals surface area contributed by atoms with Crippen LogP contribution in [0.3, 0.4) is 0 Å². The Morgan fingerprint density at radius 2 is 1.96 bits per heavy atom. The predicted molar refractivity (Wildman–Crippen MR) is 106 cm³/mol. The Morgan fingerprint density at radius 3 is 2.59 bits per heavy atom. The second-order valence-electron chi connectivity index (χ2n) is 6.76. The normalized spacial score (nSPS) is 15.0. The molecule has 1 aliphatic rings. The van der Waals surface area contributed by atoms with Gasteiger partial charge in [-0.2, -0.15) is 4.98 Å². The number of ether oxygens (including phenoxy) is 3. The summed E-state index contributed by atoms with van der Waals surface area (Å²) in [5.74, 6) is 2.56. The molecule has 8 heteroatoms. The summed E-state index contributed by atoms with van der Waals surface area (Å²) in [6.07, 6.45) is 3.42. The summed E-state index contributed by atoms with van der Waals surface area (Å²) in [6, 6.07) is 3.89. The van der Waals surface area contributed by atoms with E-state index in [9.17, 15) is 0 Å². The van der Waals surface area contributed by atoms with E-state index < -0.39 is 0 Å². The average molecular weight is 393 g/mol. The lowest BCUT2D eigenvalue weighted by molar-refractivity contribution is 0.0903. The molecule has 1 aromatic carbocycles. The third-order valence-corrected chi connectivity index (χ3v) is 4.76. The van der Waals surface area contributed by atoms with Crippen LogP contribution in [0.4, 0.5) is 11.8 Å². The van der Waals surface area contributed by atoms with E-state index in [0.29, 0.717) is 28.2 Å². The summed E-state index contributed by atoms with van der Waals surface area (Å²) in [7, 11) is 1.59. The van der Waals surface area contributed by atoms with Gasteiger partial charge in [0.05, 0.1) is 18.3 Å². The number of nitrogens with one attached hydrogen (secondary N) is 1. The standard InChI is InChI=1S/C19H25ClN4O3/c1-11(2)13-8-16(25-3)14(20)9-15(13)27-17-10-22-19(24-18(17)21)23-12-4-6-26-7-5-12/h8-12H,4-7H2,1-3H3,(H3,21,22,23,24). The number of nitrogen functional groups attached to an aromatic ring is 1. The molecule has 3 rings (SSSR count). The number of nitrogens with two attached hydrogens (primary N) is 1. The molecule has 1 aliphatic heterocycles. The van der Waals surface area contributed by atoms with Gasteiger partial charge in [0.2, 0.25) is 5.95 Å². The van der Waals surface area contributed by atoms with Gasteiger partial charge in [-0.3, -0.25) is 0 Å². The molecular formula is C19H25ClN4O3. The fourth-order valence-corrected chi connectivity index (χ4v) is 3.15. The summed E-state index contributed by atoms with van der Waals surface area (Å²) >= 11 is 6.26. The smallest absolute Gasteiger partial charge is 0.225 e. The van der Waals surface area contributed by atoms with Crippen molar-refractivity contribution in [3.05, 3.63) is 28.9 Å². The number of anilines is 2. The van der Waals surface area contributed by atoms with Crippen molar-refractivity contribution in [1.82, 2.24) is 9.97 Å². The Balaban J connectivity index is 1.80. The largest absolute Gasteiger partial charge is 0.495 e. The third kappa shape index (κ3) is 4.73. The molecule has 0 radical (unpaired) electrons. The molecule has 1 saturated heterocycles. The van der Waals surface area contributed by atoms with Gasteiger partial charge in [-0.15, -0.1) is 0 Å². The van der Waals surface area contributed by atoms with Crippen LogP contribution in [0.15, 0.2) is 18.3 Å². The van der Waals surface area contributed by atoms with Crippen molar-refractivity contribution in [2.45, 2.75) is 38.6 Å². The third-order valence-electron chi connectivity index (χ3n) is 4.46. The summed E-state index contributed by atoms with van der Waals surface area (Å²) in [5, 5.41) is 3.76. The van der Waals surface area contributed by atoms with Crippen molar-refractivity contribution in [3.63, 3.8) is 0 Å². The maximum Gasteiger partial charge on any atom is 0.225 e. The molecule has 2 heterocycles. The average Bonchev–Trinajstić information content (AvgIpc) is 2.64. The van der Waals surface area contributed by atoms with Crippen LogP contribution < -0.4 is 20.5 Å². The molecule has 3 N–H and O–H groups in total. The lowest BCUT2D eigenvalue weighted by Crippen LogP contribution is -2.28. The molecule has 0 amide bonds. The van der Waals surface area contributed by atoms with Gasteiger partial charge >= 0.3 is 0 Å². The van der Waals surface area contributed by atoms with Gasteiger partial charge in [0.25, 0.3) is 0 Å². The van der Waals surface area contributed by atoms with Crippen molar-refractivity contribution in [3.8, 4) is 17.2 Å². The number of methoxy groups -OCH3 is 1. The zero-order valence-corrected chi connectivity index (χ0v) is 16.5. The topological polar surface area (TPSA) is 91.5 Å². The van der Waals surface area contributed by atoms with E-state index in [-0.39, 0.29) is 17.8 Å². The molecule has 0 saturated carbocycles. The SMILES string of the molecule is COc1cc(C(C)C)c(Oc2cnc(NC3CCOCC3)nc2N)cc1Cl. The number of rotatable bonds is 6. The molecule has 27 heavy (non-hydrogen) atoms. The number of hydrogen-bond donors (Lipinski definition) is 2. The van der Waals surface area contributed by atoms with Crippen molar-refractivity contribution in [2.75, 3.05) is 31.4 Å². The highest BCUT2D eigenvalue weighted by Crippen LogP contribution is 2.39. The van der Waals surface area contributed by atoms with E-state index in [0.717, 1.165) is 31.6 Å². The van der Waals surface area contributed by atoms with E-state index in [1.165, 1.54) is 0 Å². The van der Waals surface area contributed by atoms with E-state index in [2.05, 4.69) is 29.1 Å². The zero-order valence-electron chi connectivity index (χ0n) is 15.8. The van der Waals surface area contributed by atoms with Gasteiger partial charge in [-0.05, 0) is 24.8 Å². The second kappa shape index (κ2) is 8.63. The molecule has 0 spiro atoms. The molecule has 0 aliphatic carbocycles. The van der Waals surface area contributed by atoms with Crippen LogP contribution in [0.25, 0.3) is 0 Å². The van der Waals surface area contributed by atoms with Crippen LogP contribution in [0.1, 0.15) is 38.2 Å². The number of halogens is 1. The van der Waals surface area contributed by atoms with Crippen LogP contribution in [0, 0.1) is 0 Å². The predicted octanol–water partition coefficient (Wildman–Crippen LogP) is 4.23. The van der Waals surface area contributed by atoms with Crippen molar-refractivity contribution in [1.29, 1.82) is 0 Å².